The van der Waals surface area contributed by atoms with Gasteiger partial charge in [-0.15, -0.1) is 0 Å². The van der Waals surface area contributed by atoms with Gasteiger partial charge in [-0.3, -0.25) is 0 Å². The highest BCUT2D eigenvalue weighted by molar-refractivity contribution is 5.02. The van der Waals surface area contributed by atoms with E-state index >= 15 is 0 Å². The van der Waals surface area contributed by atoms with Gasteiger partial charge in [-0.25, -0.2) is 9.67 Å². The van der Waals surface area contributed by atoms with Gasteiger partial charge in [-0.2, -0.15) is 5.10 Å². The minimum absolute atomic E-state index is 0.193. The van der Waals surface area contributed by atoms with Gasteiger partial charge in [0.15, 0.2) is 0 Å². The maximum absolute atomic E-state index is 4.53. The molecular weight excluding hydrogens is 248 g/mol. The first-order chi connectivity index (χ1) is 9.53. The maximum Gasteiger partial charge on any atom is 0.138 e. The Balaban J connectivity index is 2.17. The standard InChI is InChI=1S/C16H30N4/c1-13(2)11-20-15(17-12-19-20)10-16(14(3)4)8-6-5-7-9-18-16/h12-14,18H,5-11H2,1-4H3. The Bertz CT molecular complexity index is 400. The molecule has 0 aliphatic carbocycles. The third-order valence-electron chi connectivity index (χ3n) is 4.59. The van der Waals surface area contributed by atoms with Crippen molar-refractivity contribution in [2.24, 2.45) is 11.8 Å². The van der Waals surface area contributed by atoms with Crippen LogP contribution in [0.2, 0.25) is 0 Å². The molecule has 1 N–H and O–H groups in total. The summed E-state index contributed by atoms with van der Waals surface area (Å²) in [5.41, 5.74) is 0.193. The van der Waals surface area contributed by atoms with Crippen LogP contribution in [0.15, 0.2) is 6.33 Å². The summed E-state index contributed by atoms with van der Waals surface area (Å²) in [6.07, 6.45) is 7.93. The Morgan fingerprint density at radius 1 is 1.25 bits per heavy atom. The monoisotopic (exact) mass is 278 g/mol. The number of nitrogens with zero attached hydrogens (tertiary/aromatic N) is 3. The van der Waals surface area contributed by atoms with Crippen molar-refractivity contribution in [3.63, 3.8) is 0 Å². The molecular formula is C16H30N4. The molecule has 4 heteroatoms. The van der Waals surface area contributed by atoms with Crippen molar-refractivity contribution in [3.05, 3.63) is 12.2 Å². The normalized spacial score (nSPS) is 24.3. The lowest BCUT2D eigenvalue weighted by atomic mass is 9.79. The molecule has 1 aromatic heterocycles. The quantitative estimate of drug-likeness (QED) is 0.900. The molecule has 2 rings (SSSR count). The first kappa shape index (κ1) is 15.5. The van der Waals surface area contributed by atoms with Gasteiger partial charge < -0.3 is 5.32 Å². The molecule has 2 heterocycles. The lowest BCUT2D eigenvalue weighted by molar-refractivity contribution is 0.218. The van der Waals surface area contributed by atoms with Gasteiger partial charge in [0.25, 0.3) is 0 Å². The lowest BCUT2D eigenvalue weighted by Gasteiger charge is -2.37. The van der Waals surface area contributed by atoms with Crippen molar-refractivity contribution in [1.29, 1.82) is 0 Å². The number of nitrogens with one attached hydrogen (secondary N) is 1. The predicted molar refractivity (Wildman–Crippen MR) is 82.6 cm³/mol. The summed E-state index contributed by atoms with van der Waals surface area (Å²) in [5.74, 6) is 2.36. The first-order valence-electron chi connectivity index (χ1n) is 8.15. The average molecular weight is 278 g/mol. The number of aromatic nitrogens is 3. The number of hydrogen-bond donors (Lipinski definition) is 1. The van der Waals surface area contributed by atoms with Crippen LogP contribution in [0.4, 0.5) is 0 Å². The first-order valence-corrected chi connectivity index (χ1v) is 8.15. The fourth-order valence-corrected chi connectivity index (χ4v) is 3.22. The van der Waals surface area contributed by atoms with Crippen molar-refractivity contribution >= 4 is 0 Å². The van der Waals surface area contributed by atoms with E-state index in [1.165, 1.54) is 25.7 Å². The van der Waals surface area contributed by atoms with E-state index in [1.54, 1.807) is 6.33 Å². The predicted octanol–water partition coefficient (Wildman–Crippen LogP) is 3.04. The van der Waals surface area contributed by atoms with E-state index in [9.17, 15) is 0 Å². The Morgan fingerprint density at radius 2 is 2.05 bits per heavy atom. The third kappa shape index (κ3) is 3.60. The molecule has 0 aromatic carbocycles. The van der Waals surface area contributed by atoms with Gasteiger partial charge in [-0.05, 0) is 31.2 Å². The Morgan fingerprint density at radius 3 is 2.75 bits per heavy atom. The molecule has 1 aromatic rings. The van der Waals surface area contributed by atoms with E-state index in [0.29, 0.717) is 11.8 Å². The topological polar surface area (TPSA) is 42.7 Å². The number of hydrogen-bond acceptors (Lipinski definition) is 3. The van der Waals surface area contributed by atoms with Crippen LogP contribution >= 0.6 is 0 Å². The van der Waals surface area contributed by atoms with Crippen LogP contribution in [-0.2, 0) is 13.0 Å². The van der Waals surface area contributed by atoms with Crippen molar-refractivity contribution in [3.8, 4) is 0 Å². The Kier molecular flexibility index (Phi) is 5.19. The molecule has 0 radical (unpaired) electrons. The van der Waals surface area contributed by atoms with Gasteiger partial charge >= 0.3 is 0 Å². The largest absolute Gasteiger partial charge is 0.311 e. The van der Waals surface area contributed by atoms with Crippen molar-refractivity contribution in [1.82, 2.24) is 20.1 Å². The third-order valence-corrected chi connectivity index (χ3v) is 4.59. The molecule has 1 atom stereocenters. The summed E-state index contributed by atoms with van der Waals surface area (Å²) >= 11 is 0. The van der Waals surface area contributed by atoms with E-state index in [1.807, 2.05) is 0 Å². The van der Waals surface area contributed by atoms with E-state index in [0.717, 1.165) is 25.3 Å². The van der Waals surface area contributed by atoms with Crippen LogP contribution in [0.25, 0.3) is 0 Å². The van der Waals surface area contributed by atoms with Crippen molar-refractivity contribution in [2.45, 2.75) is 71.9 Å². The molecule has 0 bridgehead atoms. The smallest absolute Gasteiger partial charge is 0.138 e. The van der Waals surface area contributed by atoms with E-state index in [4.69, 9.17) is 0 Å². The second-order valence-corrected chi connectivity index (χ2v) is 6.98. The summed E-state index contributed by atoms with van der Waals surface area (Å²) in [4.78, 5) is 4.53. The van der Waals surface area contributed by atoms with Crippen LogP contribution < -0.4 is 5.32 Å². The van der Waals surface area contributed by atoms with Gasteiger partial charge in [0.1, 0.15) is 12.2 Å². The van der Waals surface area contributed by atoms with Crippen LogP contribution in [0, 0.1) is 11.8 Å². The second-order valence-electron chi connectivity index (χ2n) is 6.98. The second kappa shape index (κ2) is 6.70. The SMILES string of the molecule is CC(C)Cn1ncnc1CC1(C(C)C)CCCCCN1. The highest BCUT2D eigenvalue weighted by Crippen LogP contribution is 2.30. The van der Waals surface area contributed by atoms with Crippen molar-refractivity contribution < 1.29 is 0 Å². The van der Waals surface area contributed by atoms with Gasteiger partial charge in [0.05, 0.1) is 0 Å². The zero-order valence-corrected chi connectivity index (χ0v) is 13.5. The molecule has 114 valence electrons. The molecule has 1 aliphatic rings. The van der Waals surface area contributed by atoms with Gasteiger partial charge in [-0.1, -0.05) is 40.5 Å². The Hall–Kier alpha value is -0.900. The molecule has 1 saturated heterocycles. The van der Waals surface area contributed by atoms with Gasteiger partial charge in [0, 0.05) is 18.5 Å². The van der Waals surface area contributed by atoms with E-state index in [2.05, 4.69) is 47.8 Å². The number of rotatable bonds is 5. The van der Waals surface area contributed by atoms with E-state index < -0.39 is 0 Å². The molecule has 20 heavy (non-hydrogen) atoms. The highest BCUT2D eigenvalue weighted by Gasteiger charge is 2.35. The summed E-state index contributed by atoms with van der Waals surface area (Å²) in [6, 6.07) is 0. The molecule has 0 amide bonds. The van der Waals surface area contributed by atoms with Gasteiger partial charge in [0.2, 0.25) is 0 Å². The molecule has 0 saturated carbocycles. The lowest BCUT2D eigenvalue weighted by Crippen LogP contribution is -2.51. The molecule has 1 aliphatic heterocycles. The fourth-order valence-electron chi connectivity index (χ4n) is 3.22. The zero-order chi connectivity index (χ0) is 14.6. The minimum atomic E-state index is 0.193. The Labute approximate surface area is 123 Å². The average Bonchev–Trinajstić information content (AvgIpc) is 2.65. The molecule has 1 unspecified atom stereocenters. The molecule has 1 fully saturated rings. The molecule has 4 nitrogen and oxygen atoms in total. The van der Waals surface area contributed by atoms with Crippen molar-refractivity contribution in [2.75, 3.05) is 6.54 Å². The van der Waals surface area contributed by atoms with E-state index in [-0.39, 0.29) is 5.54 Å². The summed E-state index contributed by atoms with van der Waals surface area (Å²) in [6.45, 7) is 11.2. The molecule has 0 spiro atoms. The zero-order valence-electron chi connectivity index (χ0n) is 13.5. The fraction of sp³-hybridized carbons (Fsp3) is 0.875. The summed E-state index contributed by atoms with van der Waals surface area (Å²) in [5, 5.41) is 8.25. The highest BCUT2D eigenvalue weighted by atomic mass is 15.3. The van der Waals surface area contributed by atoms with Crippen LogP contribution in [0.1, 0.15) is 59.2 Å². The van der Waals surface area contributed by atoms with Crippen LogP contribution in [-0.4, -0.2) is 26.8 Å². The van der Waals surface area contributed by atoms with Crippen LogP contribution in [0.3, 0.4) is 0 Å². The maximum atomic E-state index is 4.53. The minimum Gasteiger partial charge on any atom is -0.311 e. The summed E-state index contributed by atoms with van der Waals surface area (Å²) in [7, 11) is 0. The van der Waals surface area contributed by atoms with Crippen LogP contribution in [0.5, 0.6) is 0 Å². The summed E-state index contributed by atoms with van der Waals surface area (Å²) < 4.78 is 2.10.